The molecule has 5 rings (SSSR count). The second kappa shape index (κ2) is 10.8. The molecule has 0 aliphatic heterocycles. The van der Waals surface area contributed by atoms with Crippen molar-refractivity contribution in [2.75, 3.05) is 9.80 Å². The normalized spacial score (nSPS) is 10.7. The SMILES string of the molecule is CCCc1c(N(c2ccccc2)c2ccccc2)cccc1N(c1ccccc1)c1ccccc1. The molecule has 0 aromatic heterocycles. The van der Waals surface area contributed by atoms with E-state index in [9.17, 15) is 0 Å². The van der Waals surface area contributed by atoms with E-state index in [0.717, 1.165) is 35.6 Å². The molecule has 0 radical (unpaired) electrons. The molecule has 0 aliphatic rings. The van der Waals surface area contributed by atoms with Crippen LogP contribution in [0.5, 0.6) is 0 Å². The van der Waals surface area contributed by atoms with Crippen molar-refractivity contribution in [3.05, 3.63) is 145 Å². The number of hydrogen-bond acceptors (Lipinski definition) is 2. The van der Waals surface area contributed by atoms with Crippen LogP contribution in [0.15, 0.2) is 140 Å². The first kappa shape index (κ1) is 22.5. The maximum absolute atomic E-state index is 2.38. The first-order valence-electron chi connectivity index (χ1n) is 12.3. The van der Waals surface area contributed by atoms with E-state index in [1.807, 2.05) is 0 Å². The predicted molar refractivity (Wildman–Crippen MR) is 150 cm³/mol. The number of benzene rings is 5. The molecular formula is C33H30N2. The van der Waals surface area contributed by atoms with Crippen molar-refractivity contribution in [3.63, 3.8) is 0 Å². The van der Waals surface area contributed by atoms with Gasteiger partial charge in [0.1, 0.15) is 0 Å². The van der Waals surface area contributed by atoms with Crippen LogP contribution < -0.4 is 9.80 Å². The highest BCUT2D eigenvalue weighted by molar-refractivity contribution is 5.86. The first-order valence-corrected chi connectivity index (χ1v) is 12.3. The standard InChI is InChI=1S/C33H30N2/c1-2-16-31-32(34(27-17-7-3-8-18-27)28-19-9-4-10-20-28)25-15-26-33(31)35(29-21-11-5-12-22-29)30-23-13-6-14-24-30/h3-15,17-26H,2,16H2,1H3. The fourth-order valence-electron chi connectivity index (χ4n) is 4.65. The van der Waals surface area contributed by atoms with E-state index < -0.39 is 0 Å². The number of para-hydroxylation sites is 4. The molecule has 0 spiro atoms. The molecule has 172 valence electrons. The minimum atomic E-state index is 0.970. The van der Waals surface area contributed by atoms with Crippen LogP contribution >= 0.6 is 0 Å². The molecule has 0 bridgehead atoms. The van der Waals surface area contributed by atoms with Gasteiger partial charge in [-0.2, -0.15) is 0 Å². The molecule has 0 saturated carbocycles. The lowest BCUT2D eigenvalue weighted by Gasteiger charge is -2.32. The van der Waals surface area contributed by atoms with Gasteiger partial charge < -0.3 is 9.80 Å². The van der Waals surface area contributed by atoms with Gasteiger partial charge in [0.25, 0.3) is 0 Å². The summed E-state index contributed by atoms with van der Waals surface area (Å²) in [5.41, 5.74) is 8.35. The molecule has 0 aliphatic carbocycles. The molecule has 5 aromatic carbocycles. The smallest absolute Gasteiger partial charge is 0.0514 e. The third-order valence-corrected chi connectivity index (χ3v) is 6.17. The maximum atomic E-state index is 2.38. The Labute approximate surface area is 208 Å². The largest absolute Gasteiger partial charge is 0.310 e. The van der Waals surface area contributed by atoms with E-state index in [1.165, 1.54) is 16.9 Å². The average molecular weight is 455 g/mol. The minimum absolute atomic E-state index is 0.970. The molecule has 0 saturated heterocycles. The van der Waals surface area contributed by atoms with Crippen LogP contribution in [-0.4, -0.2) is 0 Å². The Morgan fingerprint density at radius 2 is 0.714 bits per heavy atom. The van der Waals surface area contributed by atoms with E-state index in [4.69, 9.17) is 0 Å². The van der Waals surface area contributed by atoms with E-state index >= 15 is 0 Å². The van der Waals surface area contributed by atoms with Crippen molar-refractivity contribution in [3.8, 4) is 0 Å². The van der Waals surface area contributed by atoms with Crippen LogP contribution in [0, 0.1) is 0 Å². The van der Waals surface area contributed by atoms with Gasteiger partial charge in [-0.15, -0.1) is 0 Å². The first-order chi connectivity index (χ1) is 17.4. The molecule has 2 heteroatoms. The maximum Gasteiger partial charge on any atom is 0.0514 e. The number of nitrogens with zero attached hydrogens (tertiary/aromatic N) is 2. The Bertz CT molecular complexity index is 1150. The second-order valence-electron chi connectivity index (χ2n) is 8.54. The summed E-state index contributed by atoms with van der Waals surface area (Å²) in [6.07, 6.45) is 2.02. The van der Waals surface area contributed by atoms with Crippen molar-refractivity contribution in [2.45, 2.75) is 19.8 Å². The number of hydrogen-bond donors (Lipinski definition) is 0. The third-order valence-electron chi connectivity index (χ3n) is 6.17. The Hall–Kier alpha value is -4.30. The van der Waals surface area contributed by atoms with Gasteiger partial charge in [-0.05, 0) is 67.1 Å². The Morgan fingerprint density at radius 1 is 0.400 bits per heavy atom. The van der Waals surface area contributed by atoms with Crippen LogP contribution in [-0.2, 0) is 6.42 Å². The molecule has 5 aromatic rings. The Morgan fingerprint density at radius 3 is 1.00 bits per heavy atom. The van der Waals surface area contributed by atoms with Crippen LogP contribution in [0.25, 0.3) is 0 Å². The van der Waals surface area contributed by atoms with Crippen molar-refractivity contribution >= 4 is 34.1 Å². The molecule has 2 nitrogen and oxygen atoms in total. The van der Waals surface area contributed by atoms with Gasteiger partial charge in [-0.25, -0.2) is 0 Å². The Kier molecular flexibility index (Phi) is 6.91. The summed E-state index contributed by atoms with van der Waals surface area (Å²) in [5.74, 6) is 0. The predicted octanol–water partition coefficient (Wildman–Crippen LogP) is 9.58. The lowest BCUT2D eigenvalue weighted by molar-refractivity contribution is 0.916. The summed E-state index contributed by atoms with van der Waals surface area (Å²) >= 11 is 0. The zero-order valence-electron chi connectivity index (χ0n) is 20.1. The van der Waals surface area contributed by atoms with Gasteiger partial charge in [0.15, 0.2) is 0 Å². The van der Waals surface area contributed by atoms with Crippen LogP contribution in [0.4, 0.5) is 34.1 Å². The van der Waals surface area contributed by atoms with E-state index in [0.29, 0.717) is 0 Å². The van der Waals surface area contributed by atoms with Gasteiger partial charge >= 0.3 is 0 Å². The summed E-state index contributed by atoms with van der Waals surface area (Å²) in [6, 6.07) is 49.3. The van der Waals surface area contributed by atoms with Gasteiger partial charge in [0, 0.05) is 28.3 Å². The molecule has 0 unspecified atom stereocenters. The highest BCUT2D eigenvalue weighted by Gasteiger charge is 2.22. The lowest BCUT2D eigenvalue weighted by Crippen LogP contribution is -2.16. The second-order valence-corrected chi connectivity index (χ2v) is 8.54. The zero-order chi connectivity index (χ0) is 23.9. The number of anilines is 6. The van der Waals surface area contributed by atoms with Crippen molar-refractivity contribution in [2.24, 2.45) is 0 Å². The molecule has 0 heterocycles. The Balaban J connectivity index is 1.75. The van der Waals surface area contributed by atoms with Gasteiger partial charge in [0.05, 0.1) is 11.4 Å². The third kappa shape index (κ3) is 4.83. The summed E-state index contributed by atoms with van der Waals surface area (Å²) in [6.45, 7) is 2.26. The molecular weight excluding hydrogens is 424 g/mol. The van der Waals surface area contributed by atoms with E-state index in [-0.39, 0.29) is 0 Å². The molecule has 0 fully saturated rings. The summed E-state index contributed by atoms with van der Waals surface area (Å²) in [7, 11) is 0. The van der Waals surface area contributed by atoms with Gasteiger partial charge in [0.2, 0.25) is 0 Å². The monoisotopic (exact) mass is 454 g/mol. The topological polar surface area (TPSA) is 6.48 Å². The van der Waals surface area contributed by atoms with Crippen molar-refractivity contribution in [1.29, 1.82) is 0 Å². The van der Waals surface area contributed by atoms with Crippen LogP contribution in [0.1, 0.15) is 18.9 Å². The molecule has 0 amide bonds. The van der Waals surface area contributed by atoms with Crippen molar-refractivity contribution in [1.82, 2.24) is 0 Å². The summed E-state index contributed by atoms with van der Waals surface area (Å²) in [4.78, 5) is 4.76. The molecule has 0 N–H and O–H groups in total. The summed E-state index contributed by atoms with van der Waals surface area (Å²) < 4.78 is 0. The number of rotatable bonds is 8. The fourth-order valence-corrected chi connectivity index (χ4v) is 4.65. The van der Waals surface area contributed by atoms with Gasteiger partial charge in [-0.1, -0.05) is 92.2 Å². The zero-order valence-corrected chi connectivity index (χ0v) is 20.1. The van der Waals surface area contributed by atoms with Gasteiger partial charge in [-0.3, -0.25) is 0 Å². The molecule has 35 heavy (non-hydrogen) atoms. The lowest BCUT2D eigenvalue weighted by atomic mass is 10.0. The van der Waals surface area contributed by atoms with E-state index in [2.05, 4.69) is 156 Å². The highest BCUT2D eigenvalue weighted by Crippen LogP contribution is 2.44. The molecule has 0 atom stereocenters. The summed E-state index contributed by atoms with van der Waals surface area (Å²) in [5, 5.41) is 0. The van der Waals surface area contributed by atoms with Crippen LogP contribution in [0.2, 0.25) is 0 Å². The fraction of sp³-hybridized carbons (Fsp3) is 0.0909. The van der Waals surface area contributed by atoms with Crippen molar-refractivity contribution < 1.29 is 0 Å². The average Bonchev–Trinajstić information content (AvgIpc) is 2.93. The highest BCUT2D eigenvalue weighted by atomic mass is 15.2. The minimum Gasteiger partial charge on any atom is -0.310 e. The van der Waals surface area contributed by atoms with Crippen LogP contribution in [0.3, 0.4) is 0 Å². The van der Waals surface area contributed by atoms with E-state index in [1.54, 1.807) is 0 Å². The quantitative estimate of drug-likeness (QED) is 0.230.